The summed E-state index contributed by atoms with van der Waals surface area (Å²) in [5.41, 5.74) is 7.89. The molecule has 0 aromatic heterocycles. The summed E-state index contributed by atoms with van der Waals surface area (Å²) in [5, 5.41) is 0. The van der Waals surface area contributed by atoms with Gasteiger partial charge in [0.15, 0.2) is 0 Å². The average molecular weight is 238 g/mol. The summed E-state index contributed by atoms with van der Waals surface area (Å²) in [6.07, 6.45) is 0. The molecule has 0 atom stereocenters. The zero-order chi connectivity index (χ0) is 12.8. The molecule has 0 aliphatic carbocycles. The van der Waals surface area contributed by atoms with Gasteiger partial charge in [0.2, 0.25) is 5.91 Å². The van der Waals surface area contributed by atoms with Crippen molar-refractivity contribution in [3.05, 3.63) is 71.8 Å². The molecule has 18 heavy (non-hydrogen) atoms. The van der Waals surface area contributed by atoms with E-state index in [0.717, 1.165) is 16.8 Å². The molecule has 0 saturated heterocycles. The van der Waals surface area contributed by atoms with Gasteiger partial charge in [0.1, 0.15) is 6.54 Å². The van der Waals surface area contributed by atoms with Crippen molar-refractivity contribution >= 4 is 11.6 Å². The van der Waals surface area contributed by atoms with Crippen LogP contribution >= 0.6 is 0 Å². The van der Waals surface area contributed by atoms with E-state index in [1.54, 1.807) is 0 Å². The van der Waals surface area contributed by atoms with Crippen molar-refractivity contribution in [2.75, 3.05) is 6.54 Å². The molecular weight excluding hydrogens is 224 g/mol. The zero-order valence-electron chi connectivity index (χ0n) is 9.91. The second-order valence-electron chi connectivity index (χ2n) is 3.86. The number of hydrogen-bond acceptors (Lipinski definition) is 2. The minimum atomic E-state index is -0.431. The van der Waals surface area contributed by atoms with Crippen LogP contribution in [0.25, 0.3) is 0 Å². The fraction of sp³-hybridized carbons (Fsp3) is 0.0667. The van der Waals surface area contributed by atoms with Crippen LogP contribution in [0.4, 0.5) is 0 Å². The van der Waals surface area contributed by atoms with E-state index < -0.39 is 5.91 Å². The van der Waals surface area contributed by atoms with Crippen molar-refractivity contribution in [2.24, 2.45) is 10.7 Å². The first-order valence-corrected chi connectivity index (χ1v) is 5.71. The van der Waals surface area contributed by atoms with E-state index in [9.17, 15) is 4.79 Å². The summed E-state index contributed by atoms with van der Waals surface area (Å²) in [6.45, 7) is -0.000871. The number of carbonyl (C=O) groups is 1. The van der Waals surface area contributed by atoms with E-state index in [1.165, 1.54) is 0 Å². The first-order chi connectivity index (χ1) is 8.77. The standard InChI is InChI=1S/C15H14N2O/c16-14(18)11-17-15(12-7-3-1-4-8-12)13-9-5-2-6-10-13/h1-10H,11H2,(H2,16,18). The van der Waals surface area contributed by atoms with E-state index in [4.69, 9.17) is 5.73 Å². The van der Waals surface area contributed by atoms with E-state index in [2.05, 4.69) is 4.99 Å². The maximum absolute atomic E-state index is 10.9. The van der Waals surface area contributed by atoms with Crippen molar-refractivity contribution in [2.45, 2.75) is 0 Å². The molecule has 2 aromatic rings. The van der Waals surface area contributed by atoms with Crippen LogP contribution < -0.4 is 5.73 Å². The normalized spacial score (nSPS) is 9.78. The van der Waals surface area contributed by atoms with Crippen molar-refractivity contribution in [3.63, 3.8) is 0 Å². The lowest BCUT2D eigenvalue weighted by molar-refractivity contribution is -0.116. The maximum Gasteiger partial charge on any atom is 0.239 e. The molecule has 0 radical (unpaired) electrons. The lowest BCUT2D eigenvalue weighted by Crippen LogP contribution is -2.16. The van der Waals surface area contributed by atoms with Crippen LogP contribution in [0.1, 0.15) is 11.1 Å². The summed E-state index contributed by atoms with van der Waals surface area (Å²) in [7, 11) is 0. The highest BCUT2D eigenvalue weighted by atomic mass is 16.1. The molecule has 2 aromatic carbocycles. The lowest BCUT2D eigenvalue weighted by Gasteiger charge is -2.06. The van der Waals surface area contributed by atoms with Gasteiger partial charge in [0.25, 0.3) is 0 Å². The fourth-order valence-corrected chi connectivity index (χ4v) is 1.70. The predicted molar refractivity (Wildman–Crippen MR) is 72.6 cm³/mol. The first kappa shape index (κ1) is 12.0. The Morgan fingerprint density at radius 2 is 1.33 bits per heavy atom. The summed E-state index contributed by atoms with van der Waals surface area (Å²) in [6, 6.07) is 19.5. The molecule has 3 nitrogen and oxygen atoms in total. The van der Waals surface area contributed by atoms with Crippen LogP contribution in [0.5, 0.6) is 0 Å². The summed E-state index contributed by atoms with van der Waals surface area (Å²) in [4.78, 5) is 15.2. The van der Waals surface area contributed by atoms with Gasteiger partial charge in [0.05, 0.1) is 5.71 Å². The van der Waals surface area contributed by atoms with E-state index in [-0.39, 0.29) is 6.54 Å². The Morgan fingerprint density at radius 3 is 1.72 bits per heavy atom. The number of aliphatic imine (C=N–C) groups is 1. The van der Waals surface area contributed by atoms with Crippen LogP contribution in [-0.4, -0.2) is 18.2 Å². The van der Waals surface area contributed by atoms with Gasteiger partial charge in [-0.3, -0.25) is 9.79 Å². The van der Waals surface area contributed by atoms with Crippen LogP contribution in [0, 0.1) is 0 Å². The monoisotopic (exact) mass is 238 g/mol. The molecule has 0 fully saturated rings. The van der Waals surface area contributed by atoms with Gasteiger partial charge in [-0.05, 0) is 0 Å². The van der Waals surface area contributed by atoms with Crippen molar-refractivity contribution in [3.8, 4) is 0 Å². The lowest BCUT2D eigenvalue weighted by atomic mass is 10.0. The van der Waals surface area contributed by atoms with Gasteiger partial charge < -0.3 is 5.73 Å². The number of nitrogens with zero attached hydrogens (tertiary/aromatic N) is 1. The predicted octanol–water partition coefficient (Wildman–Crippen LogP) is 2.01. The number of benzene rings is 2. The van der Waals surface area contributed by atoms with Gasteiger partial charge in [-0.25, -0.2) is 0 Å². The molecule has 0 heterocycles. The van der Waals surface area contributed by atoms with Gasteiger partial charge in [-0.1, -0.05) is 60.7 Å². The number of amides is 1. The third-order valence-electron chi connectivity index (χ3n) is 2.49. The van der Waals surface area contributed by atoms with Crippen LogP contribution in [-0.2, 0) is 4.79 Å². The molecule has 2 N–H and O–H groups in total. The molecule has 1 amide bonds. The number of rotatable bonds is 4. The Morgan fingerprint density at radius 1 is 0.889 bits per heavy atom. The topological polar surface area (TPSA) is 55.5 Å². The molecule has 3 heteroatoms. The highest BCUT2D eigenvalue weighted by Gasteiger charge is 2.06. The van der Waals surface area contributed by atoms with Crippen molar-refractivity contribution in [1.29, 1.82) is 0 Å². The second-order valence-corrected chi connectivity index (χ2v) is 3.86. The van der Waals surface area contributed by atoms with Gasteiger partial charge in [-0.15, -0.1) is 0 Å². The van der Waals surface area contributed by atoms with E-state index in [1.807, 2.05) is 60.7 Å². The molecular formula is C15H14N2O. The third kappa shape index (κ3) is 3.04. The minimum Gasteiger partial charge on any atom is -0.368 e. The number of carbonyl (C=O) groups excluding carboxylic acids is 1. The largest absolute Gasteiger partial charge is 0.368 e. The quantitative estimate of drug-likeness (QED) is 0.814. The van der Waals surface area contributed by atoms with Gasteiger partial charge in [-0.2, -0.15) is 0 Å². The molecule has 0 saturated carbocycles. The molecule has 0 aliphatic heterocycles. The average Bonchev–Trinajstić information content (AvgIpc) is 2.41. The molecule has 0 aliphatic rings. The SMILES string of the molecule is NC(=O)CN=C(c1ccccc1)c1ccccc1. The molecule has 0 bridgehead atoms. The van der Waals surface area contributed by atoms with E-state index in [0.29, 0.717) is 0 Å². The molecule has 0 spiro atoms. The van der Waals surface area contributed by atoms with Crippen LogP contribution in [0.3, 0.4) is 0 Å². The van der Waals surface area contributed by atoms with Gasteiger partial charge >= 0.3 is 0 Å². The first-order valence-electron chi connectivity index (χ1n) is 5.71. The van der Waals surface area contributed by atoms with Crippen molar-refractivity contribution < 1.29 is 4.79 Å². The number of hydrogen-bond donors (Lipinski definition) is 1. The molecule has 90 valence electrons. The van der Waals surface area contributed by atoms with Gasteiger partial charge in [0, 0.05) is 11.1 Å². The Labute approximate surface area is 106 Å². The van der Waals surface area contributed by atoms with Crippen LogP contribution in [0.15, 0.2) is 65.7 Å². The van der Waals surface area contributed by atoms with Crippen LogP contribution in [0.2, 0.25) is 0 Å². The highest BCUT2D eigenvalue weighted by molar-refractivity contribution is 6.13. The minimum absolute atomic E-state index is 0.000871. The summed E-state index contributed by atoms with van der Waals surface area (Å²) in [5.74, 6) is -0.431. The smallest absolute Gasteiger partial charge is 0.239 e. The molecule has 2 rings (SSSR count). The van der Waals surface area contributed by atoms with Crippen molar-refractivity contribution in [1.82, 2.24) is 0 Å². The maximum atomic E-state index is 10.9. The summed E-state index contributed by atoms with van der Waals surface area (Å²) >= 11 is 0. The Balaban J connectivity index is 2.42. The third-order valence-corrected chi connectivity index (χ3v) is 2.49. The fourth-order valence-electron chi connectivity index (χ4n) is 1.70. The highest BCUT2D eigenvalue weighted by Crippen LogP contribution is 2.10. The zero-order valence-corrected chi connectivity index (χ0v) is 9.91. The Bertz CT molecular complexity index is 506. The van der Waals surface area contributed by atoms with E-state index >= 15 is 0 Å². The second kappa shape index (κ2) is 5.77. The summed E-state index contributed by atoms with van der Waals surface area (Å²) < 4.78 is 0. The number of primary amides is 1. The molecule has 0 unspecified atom stereocenters. The Kier molecular flexibility index (Phi) is 3.86. The number of nitrogens with two attached hydrogens (primary N) is 1. The Hall–Kier alpha value is -2.42.